The molecule has 0 saturated heterocycles. The summed E-state index contributed by atoms with van der Waals surface area (Å²) in [6, 6.07) is 8.66. The van der Waals surface area contributed by atoms with Crippen LogP contribution in [0.2, 0.25) is 0 Å². The Morgan fingerprint density at radius 2 is 1.69 bits per heavy atom. The van der Waals surface area contributed by atoms with Crippen molar-refractivity contribution in [1.29, 1.82) is 0 Å². The van der Waals surface area contributed by atoms with Crippen molar-refractivity contribution < 1.29 is 0 Å². The molecule has 3 rings (SSSR count). The zero-order valence-corrected chi connectivity index (χ0v) is 19.3. The monoisotopic (exact) mass is 390 g/mol. The summed E-state index contributed by atoms with van der Waals surface area (Å²) in [5, 5.41) is 0. The van der Waals surface area contributed by atoms with Gasteiger partial charge in [-0.05, 0) is 80.2 Å². The third kappa shape index (κ3) is 7.84. The highest BCUT2D eigenvalue weighted by atomic mass is 14.4. The van der Waals surface area contributed by atoms with E-state index in [-0.39, 0.29) is 0 Å². The molecule has 2 aliphatic rings. The van der Waals surface area contributed by atoms with E-state index in [9.17, 15) is 0 Å². The molecule has 0 amide bonds. The molecule has 0 aromatic heterocycles. The maximum Gasteiger partial charge on any atom is -0.00637 e. The van der Waals surface area contributed by atoms with Crippen molar-refractivity contribution in [2.45, 2.75) is 72.6 Å². The minimum Gasteiger partial charge on any atom is -0.0995 e. The van der Waals surface area contributed by atoms with Crippen LogP contribution in [0.4, 0.5) is 0 Å². The maximum atomic E-state index is 4.43. The number of allylic oxidation sites excluding steroid dienone is 6. The highest BCUT2D eigenvalue weighted by Crippen LogP contribution is 2.41. The fraction of sp³-hybridized carbons (Fsp3) is 0.517. The van der Waals surface area contributed by atoms with Gasteiger partial charge in [0.1, 0.15) is 0 Å². The molecule has 0 heteroatoms. The molecule has 1 aromatic carbocycles. The van der Waals surface area contributed by atoms with E-state index in [0.717, 1.165) is 35.7 Å². The van der Waals surface area contributed by atoms with Gasteiger partial charge in [0, 0.05) is 0 Å². The normalized spacial score (nSPS) is 23.4. The summed E-state index contributed by atoms with van der Waals surface area (Å²) in [6.45, 7) is 17.9. The Balaban J connectivity index is 0.000000426. The number of benzene rings is 1. The number of rotatable bonds is 6. The molecule has 3 atom stereocenters. The van der Waals surface area contributed by atoms with Crippen molar-refractivity contribution in [3.05, 3.63) is 78.4 Å². The first-order valence-corrected chi connectivity index (χ1v) is 11.6. The second kappa shape index (κ2) is 12.0. The van der Waals surface area contributed by atoms with Gasteiger partial charge in [0.2, 0.25) is 0 Å². The quantitative estimate of drug-likeness (QED) is 0.426. The molecule has 3 unspecified atom stereocenters. The maximum absolute atomic E-state index is 4.43. The van der Waals surface area contributed by atoms with Crippen molar-refractivity contribution in [2.75, 3.05) is 0 Å². The van der Waals surface area contributed by atoms with Crippen LogP contribution in [0.3, 0.4) is 0 Å². The molecular weight excluding hydrogens is 348 g/mol. The lowest BCUT2D eigenvalue weighted by Crippen LogP contribution is -2.28. The number of hydrogen-bond acceptors (Lipinski definition) is 0. The van der Waals surface area contributed by atoms with Crippen LogP contribution in [-0.4, -0.2) is 0 Å². The lowest BCUT2D eigenvalue weighted by atomic mass is 9.68. The second-order valence-electron chi connectivity index (χ2n) is 9.59. The van der Waals surface area contributed by atoms with Gasteiger partial charge in [-0.25, -0.2) is 0 Å². The lowest BCUT2D eigenvalue weighted by Gasteiger charge is -2.38. The van der Waals surface area contributed by atoms with Crippen LogP contribution >= 0.6 is 0 Å². The van der Waals surface area contributed by atoms with E-state index in [1.807, 2.05) is 0 Å². The van der Waals surface area contributed by atoms with Crippen LogP contribution in [0.1, 0.15) is 77.3 Å². The van der Waals surface area contributed by atoms with Gasteiger partial charge in [-0.15, -0.1) is 0 Å². The van der Waals surface area contributed by atoms with E-state index in [1.165, 1.54) is 55.2 Å². The van der Waals surface area contributed by atoms with Crippen LogP contribution in [0.5, 0.6) is 0 Å². The minimum absolute atomic E-state index is 0.794. The average Bonchev–Trinajstić information content (AvgIpc) is 2.70. The van der Waals surface area contributed by atoms with Crippen LogP contribution in [0, 0.1) is 23.7 Å². The van der Waals surface area contributed by atoms with E-state index < -0.39 is 0 Å². The largest absolute Gasteiger partial charge is 0.0995 e. The van der Waals surface area contributed by atoms with Crippen molar-refractivity contribution >= 4 is 5.57 Å². The Morgan fingerprint density at radius 1 is 1.03 bits per heavy atom. The lowest BCUT2D eigenvalue weighted by molar-refractivity contribution is 0.143. The van der Waals surface area contributed by atoms with Gasteiger partial charge < -0.3 is 0 Å². The first-order valence-electron chi connectivity index (χ1n) is 11.6. The fourth-order valence-corrected chi connectivity index (χ4v) is 4.98. The molecule has 0 bridgehead atoms. The van der Waals surface area contributed by atoms with Crippen LogP contribution in [0.25, 0.3) is 5.57 Å². The average molecular weight is 391 g/mol. The third-order valence-electron chi connectivity index (χ3n) is 6.51. The van der Waals surface area contributed by atoms with Crippen LogP contribution in [-0.2, 0) is 6.42 Å². The highest BCUT2D eigenvalue weighted by Gasteiger charge is 2.30. The van der Waals surface area contributed by atoms with E-state index in [2.05, 4.69) is 89.4 Å². The summed E-state index contributed by atoms with van der Waals surface area (Å²) in [5.41, 5.74) is 5.23. The standard InChI is InChI=1S/C23H34.C6H8/c1-16(2)22-10-8-7-9-20(22)14-19(6)15-21-13-18(5)11-12-23(21)17(3)4;1-2-4-6-5-3-1/h7-10,17-18,21,23H,1,6,11-15H2,2-5H3;1-4H,5-6H2. The summed E-state index contributed by atoms with van der Waals surface area (Å²) >= 11 is 0. The molecule has 1 fully saturated rings. The van der Waals surface area contributed by atoms with Gasteiger partial charge in [-0.3, -0.25) is 0 Å². The van der Waals surface area contributed by atoms with Crippen molar-refractivity contribution in [3.8, 4) is 0 Å². The van der Waals surface area contributed by atoms with E-state index >= 15 is 0 Å². The van der Waals surface area contributed by atoms with E-state index in [0.29, 0.717) is 0 Å². The molecule has 0 radical (unpaired) electrons. The molecule has 158 valence electrons. The molecule has 0 spiro atoms. The predicted octanol–water partition coefficient (Wildman–Crippen LogP) is 8.81. The Labute approximate surface area is 180 Å². The number of hydrogen-bond donors (Lipinski definition) is 0. The molecule has 0 nitrogen and oxygen atoms in total. The topological polar surface area (TPSA) is 0 Å². The van der Waals surface area contributed by atoms with Crippen molar-refractivity contribution in [1.82, 2.24) is 0 Å². The molecular formula is C29H42. The van der Waals surface area contributed by atoms with Crippen LogP contribution in [0.15, 0.2) is 67.3 Å². The molecule has 29 heavy (non-hydrogen) atoms. The van der Waals surface area contributed by atoms with Gasteiger partial charge in [-0.2, -0.15) is 0 Å². The summed E-state index contributed by atoms with van der Waals surface area (Å²) in [6.07, 6.45) is 17.4. The Morgan fingerprint density at radius 3 is 2.24 bits per heavy atom. The molecule has 1 saturated carbocycles. The minimum atomic E-state index is 0.794. The summed E-state index contributed by atoms with van der Waals surface area (Å²) in [4.78, 5) is 0. The molecule has 2 aliphatic carbocycles. The zero-order valence-electron chi connectivity index (χ0n) is 19.3. The van der Waals surface area contributed by atoms with Crippen molar-refractivity contribution in [2.24, 2.45) is 23.7 Å². The van der Waals surface area contributed by atoms with Crippen molar-refractivity contribution in [3.63, 3.8) is 0 Å². The first-order chi connectivity index (χ1) is 13.9. The van der Waals surface area contributed by atoms with E-state index in [1.54, 1.807) is 0 Å². The Bertz CT molecular complexity index is 703. The van der Waals surface area contributed by atoms with Gasteiger partial charge in [-0.1, -0.05) is 100 Å². The Kier molecular flexibility index (Phi) is 9.71. The summed E-state index contributed by atoms with van der Waals surface area (Å²) in [5.74, 6) is 3.37. The second-order valence-corrected chi connectivity index (χ2v) is 9.59. The van der Waals surface area contributed by atoms with Gasteiger partial charge >= 0.3 is 0 Å². The highest BCUT2D eigenvalue weighted by molar-refractivity contribution is 5.64. The Hall–Kier alpha value is -1.82. The van der Waals surface area contributed by atoms with Crippen LogP contribution < -0.4 is 0 Å². The van der Waals surface area contributed by atoms with Gasteiger partial charge in [0.15, 0.2) is 0 Å². The summed E-state index contributed by atoms with van der Waals surface area (Å²) < 4.78 is 0. The van der Waals surface area contributed by atoms with E-state index in [4.69, 9.17) is 0 Å². The first kappa shape index (κ1) is 23.5. The third-order valence-corrected chi connectivity index (χ3v) is 6.51. The molecule has 0 aliphatic heterocycles. The smallest absolute Gasteiger partial charge is 0.00637 e. The molecule has 1 aromatic rings. The summed E-state index contributed by atoms with van der Waals surface area (Å²) in [7, 11) is 0. The zero-order chi connectivity index (χ0) is 21.2. The SMILES string of the molecule is C1=CCCC=C1.C=C(Cc1ccccc1C(=C)C)CC1CC(C)CCC1C(C)C. The molecule has 0 heterocycles. The van der Waals surface area contributed by atoms with Gasteiger partial charge in [0.25, 0.3) is 0 Å². The fourth-order valence-electron chi connectivity index (χ4n) is 4.98. The predicted molar refractivity (Wildman–Crippen MR) is 131 cm³/mol. The van der Waals surface area contributed by atoms with Gasteiger partial charge in [0.05, 0.1) is 0 Å². The molecule has 0 N–H and O–H groups in total.